The molecule has 0 aromatic carbocycles. The average molecular weight is 260 g/mol. The van der Waals surface area contributed by atoms with Crippen LogP contribution in [0.15, 0.2) is 0 Å². The molecule has 1 aliphatic rings. The smallest absolute Gasteiger partial charge is 0.327 e. The van der Waals surface area contributed by atoms with Crippen molar-refractivity contribution < 1.29 is 14.7 Å². The maximum Gasteiger partial charge on any atom is 0.327 e. The molecule has 1 heterocycles. The fraction of sp³-hybridized carbons (Fsp3) is 0.818. The van der Waals surface area contributed by atoms with Crippen LogP contribution in [0.1, 0.15) is 33.1 Å². The summed E-state index contributed by atoms with van der Waals surface area (Å²) in [5.41, 5.74) is 0. The van der Waals surface area contributed by atoms with E-state index < -0.39 is 12.0 Å². The van der Waals surface area contributed by atoms with Crippen molar-refractivity contribution in [3.05, 3.63) is 0 Å². The summed E-state index contributed by atoms with van der Waals surface area (Å²) < 4.78 is 0. The van der Waals surface area contributed by atoms with Gasteiger partial charge < -0.3 is 15.3 Å². The number of urea groups is 1. The zero-order valence-corrected chi connectivity index (χ0v) is 11.1. The first kappa shape index (κ1) is 14.2. The third kappa shape index (κ3) is 4.11. The third-order valence-electron chi connectivity index (χ3n) is 2.79. The predicted octanol–water partition coefficient (Wildman–Crippen LogP) is 1.73. The normalized spacial score (nSPS) is 21.3. The zero-order chi connectivity index (χ0) is 12.8. The lowest BCUT2D eigenvalue weighted by molar-refractivity contribution is -0.140. The summed E-state index contributed by atoms with van der Waals surface area (Å²) in [5, 5.41) is 11.8. The summed E-state index contributed by atoms with van der Waals surface area (Å²) >= 11 is 1.48. The van der Waals surface area contributed by atoms with Gasteiger partial charge in [0.1, 0.15) is 6.04 Å². The molecule has 2 unspecified atom stereocenters. The van der Waals surface area contributed by atoms with Crippen LogP contribution in [0.4, 0.5) is 4.79 Å². The van der Waals surface area contributed by atoms with Gasteiger partial charge in [0, 0.05) is 11.8 Å². The largest absolute Gasteiger partial charge is 0.480 e. The molecule has 6 heteroatoms. The van der Waals surface area contributed by atoms with Crippen LogP contribution in [0.2, 0.25) is 0 Å². The van der Waals surface area contributed by atoms with Crippen molar-refractivity contribution >= 4 is 23.8 Å². The molecule has 0 radical (unpaired) electrons. The van der Waals surface area contributed by atoms with E-state index in [0.29, 0.717) is 11.6 Å². The van der Waals surface area contributed by atoms with E-state index in [1.54, 1.807) is 0 Å². The van der Waals surface area contributed by atoms with E-state index in [1.165, 1.54) is 16.7 Å². The molecular weight excluding hydrogens is 240 g/mol. The summed E-state index contributed by atoms with van der Waals surface area (Å²) in [5.74, 6) is 0.0152. The van der Waals surface area contributed by atoms with Crippen molar-refractivity contribution in [2.75, 3.05) is 11.6 Å². The number of carbonyl (C=O) groups excluding carboxylic acids is 1. The molecule has 1 fully saturated rings. The molecule has 2 amide bonds. The van der Waals surface area contributed by atoms with Crippen molar-refractivity contribution in [1.82, 2.24) is 10.2 Å². The topological polar surface area (TPSA) is 69.6 Å². The molecule has 17 heavy (non-hydrogen) atoms. The van der Waals surface area contributed by atoms with Crippen LogP contribution in [0, 0.1) is 0 Å². The number of rotatable bonds is 5. The minimum atomic E-state index is -0.925. The Hall–Kier alpha value is -0.910. The van der Waals surface area contributed by atoms with Crippen LogP contribution >= 0.6 is 11.8 Å². The Morgan fingerprint density at radius 3 is 2.88 bits per heavy atom. The molecule has 5 nitrogen and oxygen atoms in total. The number of hydrogen-bond acceptors (Lipinski definition) is 3. The van der Waals surface area contributed by atoms with Crippen molar-refractivity contribution in [3.63, 3.8) is 0 Å². The lowest BCUT2D eigenvalue weighted by atomic mass is 10.1. The minimum absolute atomic E-state index is 0.0995. The maximum atomic E-state index is 11.9. The monoisotopic (exact) mass is 260 g/mol. The first-order valence-electron chi connectivity index (χ1n) is 5.94. The summed E-state index contributed by atoms with van der Waals surface area (Å²) in [4.78, 5) is 24.2. The number of carbonyl (C=O) groups is 2. The van der Waals surface area contributed by atoms with Crippen molar-refractivity contribution in [1.29, 1.82) is 0 Å². The molecule has 98 valence electrons. The Labute approximate surface area is 106 Å². The molecule has 0 saturated carbocycles. The number of carboxylic acids is 1. The summed E-state index contributed by atoms with van der Waals surface area (Å²) in [6.07, 6.45) is 3.09. The Balaban J connectivity index is 2.43. The quantitative estimate of drug-likeness (QED) is 0.790. The minimum Gasteiger partial charge on any atom is -0.480 e. The van der Waals surface area contributed by atoms with Gasteiger partial charge in [0.15, 0.2) is 0 Å². The van der Waals surface area contributed by atoms with E-state index in [4.69, 9.17) is 5.11 Å². The van der Waals surface area contributed by atoms with Gasteiger partial charge in [-0.3, -0.25) is 0 Å². The van der Waals surface area contributed by atoms with Crippen LogP contribution < -0.4 is 5.32 Å². The second kappa shape index (κ2) is 6.74. The first-order chi connectivity index (χ1) is 8.06. The highest BCUT2D eigenvalue weighted by molar-refractivity contribution is 7.99. The lowest BCUT2D eigenvalue weighted by Gasteiger charge is -2.23. The number of carboxylic acid groups (broad SMARTS) is 1. The molecule has 0 aromatic heterocycles. The Kier molecular flexibility index (Phi) is 5.61. The molecule has 2 atom stereocenters. The van der Waals surface area contributed by atoms with Crippen LogP contribution in [0.3, 0.4) is 0 Å². The summed E-state index contributed by atoms with van der Waals surface area (Å²) in [6.45, 7) is 4.05. The molecule has 2 N–H and O–H groups in total. The van der Waals surface area contributed by atoms with Crippen molar-refractivity contribution in [3.8, 4) is 0 Å². The van der Waals surface area contributed by atoms with Gasteiger partial charge in [-0.15, -0.1) is 11.8 Å². The standard InChI is InChI=1S/C11H20N2O3S/c1-3-4-5-8(2)12-11(16)13-7-17-6-9(13)10(14)15/h8-9H,3-7H2,1-2H3,(H,12,16)(H,14,15). The SMILES string of the molecule is CCCCC(C)NC(=O)N1CSCC1C(=O)O. The fourth-order valence-electron chi connectivity index (χ4n) is 1.72. The van der Waals surface area contributed by atoms with Gasteiger partial charge >= 0.3 is 12.0 Å². The van der Waals surface area contributed by atoms with E-state index >= 15 is 0 Å². The molecule has 0 bridgehead atoms. The average Bonchev–Trinajstić information content (AvgIpc) is 2.75. The molecule has 0 spiro atoms. The van der Waals surface area contributed by atoms with Gasteiger partial charge in [-0.1, -0.05) is 19.8 Å². The number of unbranched alkanes of at least 4 members (excludes halogenated alkanes) is 1. The number of amides is 2. The predicted molar refractivity (Wildman–Crippen MR) is 68.1 cm³/mol. The number of thioether (sulfide) groups is 1. The Morgan fingerprint density at radius 1 is 1.59 bits per heavy atom. The first-order valence-corrected chi connectivity index (χ1v) is 7.09. The van der Waals surface area contributed by atoms with Gasteiger partial charge in [-0.05, 0) is 13.3 Å². The van der Waals surface area contributed by atoms with Gasteiger partial charge in [0.2, 0.25) is 0 Å². The fourth-order valence-corrected chi connectivity index (χ4v) is 2.87. The number of hydrogen-bond donors (Lipinski definition) is 2. The van der Waals surface area contributed by atoms with Crippen molar-refractivity contribution in [2.45, 2.75) is 45.2 Å². The Morgan fingerprint density at radius 2 is 2.29 bits per heavy atom. The molecule has 1 rings (SSSR count). The van der Waals surface area contributed by atoms with Crippen LogP contribution in [-0.2, 0) is 4.79 Å². The van der Waals surface area contributed by atoms with Gasteiger partial charge in [-0.25, -0.2) is 9.59 Å². The number of nitrogens with one attached hydrogen (secondary N) is 1. The van der Waals surface area contributed by atoms with Crippen LogP contribution in [-0.4, -0.2) is 45.7 Å². The number of nitrogens with zero attached hydrogens (tertiary/aromatic N) is 1. The van der Waals surface area contributed by atoms with E-state index in [9.17, 15) is 9.59 Å². The van der Waals surface area contributed by atoms with Crippen LogP contribution in [0.5, 0.6) is 0 Å². The van der Waals surface area contributed by atoms with E-state index in [-0.39, 0.29) is 12.1 Å². The van der Waals surface area contributed by atoms with E-state index in [0.717, 1.165) is 19.3 Å². The van der Waals surface area contributed by atoms with E-state index in [1.807, 2.05) is 6.92 Å². The zero-order valence-electron chi connectivity index (χ0n) is 10.3. The third-order valence-corrected chi connectivity index (χ3v) is 3.80. The molecular formula is C11H20N2O3S. The number of aliphatic carboxylic acids is 1. The van der Waals surface area contributed by atoms with Gasteiger partial charge in [0.25, 0.3) is 0 Å². The maximum absolute atomic E-state index is 11.9. The van der Waals surface area contributed by atoms with Gasteiger partial charge in [0.05, 0.1) is 5.88 Å². The van der Waals surface area contributed by atoms with E-state index in [2.05, 4.69) is 12.2 Å². The van der Waals surface area contributed by atoms with Crippen molar-refractivity contribution in [2.24, 2.45) is 0 Å². The highest BCUT2D eigenvalue weighted by Gasteiger charge is 2.34. The Bertz CT molecular complexity index is 286. The summed E-state index contributed by atoms with van der Waals surface area (Å²) in [7, 11) is 0. The highest BCUT2D eigenvalue weighted by Crippen LogP contribution is 2.21. The highest BCUT2D eigenvalue weighted by atomic mass is 32.2. The molecule has 0 aliphatic carbocycles. The van der Waals surface area contributed by atoms with Gasteiger partial charge in [-0.2, -0.15) is 0 Å². The lowest BCUT2D eigenvalue weighted by Crippen LogP contribution is -2.49. The second-order valence-electron chi connectivity index (χ2n) is 4.32. The summed E-state index contributed by atoms with van der Waals surface area (Å²) in [6, 6.07) is -0.841. The molecule has 1 aliphatic heterocycles. The second-order valence-corrected chi connectivity index (χ2v) is 5.32. The molecule has 0 aromatic rings. The molecule has 1 saturated heterocycles. The van der Waals surface area contributed by atoms with Crippen LogP contribution in [0.25, 0.3) is 0 Å².